The molecular formula is C19H22N4O3S. The van der Waals surface area contributed by atoms with E-state index in [2.05, 4.69) is 13.8 Å². The Hall–Kier alpha value is -2.32. The lowest BCUT2D eigenvalue weighted by Crippen LogP contribution is -2.23. The number of anilines is 1. The molecule has 3 N–H and O–H groups in total. The van der Waals surface area contributed by atoms with E-state index < -0.39 is 0 Å². The fraction of sp³-hybridized carbons (Fsp3) is 0.474. The van der Waals surface area contributed by atoms with Crippen LogP contribution in [0.5, 0.6) is 5.75 Å². The van der Waals surface area contributed by atoms with E-state index in [1.807, 2.05) is 12.1 Å². The third kappa shape index (κ3) is 2.43. The van der Waals surface area contributed by atoms with E-state index in [0.717, 1.165) is 54.1 Å². The number of hydrogen-bond acceptors (Lipinski definition) is 6. The summed E-state index contributed by atoms with van der Waals surface area (Å²) in [5.74, 6) is 1.20. The molecule has 5 rings (SSSR count). The quantitative estimate of drug-likeness (QED) is 0.716. The number of aromatic nitrogens is 2. The average molecular weight is 386 g/mol. The molecule has 1 unspecified atom stereocenters. The first kappa shape index (κ1) is 16.8. The van der Waals surface area contributed by atoms with Crippen molar-refractivity contribution in [3.8, 4) is 5.75 Å². The number of H-pyrrole nitrogens is 1. The van der Waals surface area contributed by atoms with Crippen molar-refractivity contribution >= 4 is 38.3 Å². The Balaban J connectivity index is 1.84. The first-order chi connectivity index (χ1) is 13.1. The molecule has 3 heterocycles. The lowest BCUT2D eigenvalue weighted by Gasteiger charge is -2.24. The number of aromatic amines is 1. The Morgan fingerprint density at radius 2 is 2.11 bits per heavy atom. The molecule has 1 saturated carbocycles. The normalized spacial score (nSPS) is 20.1. The lowest BCUT2D eigenvalue weighted by atomic mass is 10.1. The third-order valence-electron chi connectivity index (χ3n) is 5.80. The maximum atomic E-state index is 13.1. The molecule has 142 valence electrons. The predicted molar refractivity (Wildman–Crippen MR) is 108 cm³/mol. The van der Waals surface area contributed by atoms with Crippen LogP contribution >= 0.6 is 11.5 Å². The maximum absolute atomic E-state index is 13.1. The highest BCUT2D eigenvalue weighted by Gasteiger charge is 2.32. The number of rotatable bonds is 4. The highest BCUT2D eigenvalue weighted by atomic mass is 32.1. The highest BCUT2D eigenvalue weighted by molar-refractivity contribution is 7.12. The highest BCUT2D eigenvalue weighted by Crippen LogP contribution is 2.45. The van der Waals surface area contributed by atoms with E-state index in [0.29, 0.717) is 23.9 Å². The number of hydrogen-bond donors (Lipinski definition) is 2. The summed E-state index contributed by atoms with van der Waals surface area (Å²) >= 11 is 1.24. The second kappa shape index (κ2) is 6.10. The van der Waals surface area contributed by atoms with Gasteiger partial charge in [0.15, 0.2) is 5.75 Å². The Morgan fingerprint density at radius 1 is 1.30 bits per heavy atom. The van der Waals surface area contributed by atoms with Crippen LogP contribution in [0, 0.1) is 5.92 Å². The van der Waals surface area contributed by atoms with Gasteiger partial charge in [-0.15, -0.1) is 0 Å². The van der Waals surface area contributed by atoms with Crippen molar-refractivity contribution in [1.82, 2.24) is 8.94 Å². The summed E-state index contributed by atoms with van der Waals surface area (Å²) in [5, 5.41) is 0.812. The summed E-state index contributed by atoms with van der Waals surface area (Å²) in [6.45, 7) is 2.50. The second-order valence-electron chi connectivity index (χ2n) is 7.49. The Bertz CT molecular complexity index is 1160. The predicted octanol–water partition coefficient (Wildman–Crippen LogP) is 2.03. The Morgan fingerprint density at radius 3 is 2.78 bits per heavy atom. The number of fused-ring (bicyclic) bond motifs is 2. The van der Waals surface area contributed by atoms with Crippen LogP contribution in [-0.2, 0) is 0 Å². The van der Waals surface area contributed by atoms with Gasteiger partial charge in [-0.1, -0.05) is 0 Å². The molecule has 0 spiro atoms. The molecule has 1 aromatic carbocycles. The lowest BCUT2D eigenvalue weighted by molar-refractivity contribution is 0.417. The summed E-state index contributed by atoms with van der Waals surface area (Å²) in [6, 6.07) is 4.10. The van der Waals surface area contributed by atoms with Crippen LogP contribution in [0.1, 0.15) is 25.3 Å². The fourth-order valence-electron chi connectivity index (χ4n) is 4.26. The van der Waals surface area contributed by atoms with Crippen molar-refractivity contribution in [2.75, 3.05) is 31.6 Å². The largest absolute Gasteiger partial charge is 0.492 e. The molecule has 1 atom stereocenters. The van der Waals surface area contributed by atoms with Crippen LogP contribution in [0.15, 0.2) is 21.7 Å². The molecule has 2 aromatic heterocycles. The molecule has 0 radical (unpaired) electrons. The van der Waals surface area contributed by atoms with Gasteiger partial charge < -0.3 is 19.9 Å². The average Bonchev–Trinajstić information content (AvgIpc) is 3.27. The second-order valence-corrected chi connectivity index (χ2v) is 8.29. The smallest absolute Gasteiger partial charge is 0.271 e. The molecule has 0 bridgehead atoms. The molecule has 1 aliphatic carbocycles. The van der Waals surface area contributed by atoms with E-state index in [9.17, 15) is 9.59 Å². The number of methoxy groups -OCH3 is 1. The Kier molecular flexibility index (Phi) is 3.80. The van der Waals surface area contributed by atoms with Gasteiger partial charge in [0.25, 0.3) is 5.56 Å². The molecule has 1 saturated heterocycles. The van der Waals surface area contributed by atoms with Crippen molar-refractivity contribution in [1.29, 1.82) is 0 Å². The van der Waals surface area contributed by atoms with Crippen molar-refractivity contribution < 1.29 is 4.74 Å². The van der Waals surface area contributed by atoms with Crippen LogP contribution in [0.3, 0.4) is 0 Å². The van der Waals surface area contributed by atoms with Gasteiger partial charge in [0.1, 0.15) is 10.2 Å². The number of nitrogens with zero attached hydrogens (tertiary/aromatic N) is 2. The number of ether oxygens (including phenoxy) is 1. The SMILES string of the molecule is COc1c(N2CCC(CN)C2)ccc2c(=O)c3c(=O)[nH]sc3n(C3CC3)c12. The van der Waals surface area contributed by atoms with Crippen LogP contribution in [0.2, 0.25) is 0 Å². The molecule has 27 heavy (non-hydrogen) atoms. The van der Waals surface area contributed by atoms with Gasteiger partial charge in [0, 0.05) is 19.1 Å². The first-order valence-corrected chi connectivity index (χ1v) is 10.2. The van der Waals surface area contributed by atoms with Gasteiger partial charge in [-0.2, -0.15) is 0 Å². The molecule has 2 aliphatic rings. The maximum Gasteiger partial charge on any atom is 0.271 e. The van der Waals surface area contributed by atoms with Crippen LogP contribution in [0.25, 0.3) is 21.1 Å². The molecular weight excluding hydrogens is 364 g/mol. The molecule has 8 heteroatoms. The minimum Gasteiger partial charge on any atom is -0.492 e. The summed E-state index contributed by atoms with van der Waals surface area (Å²) < 4.78 is 10.7. The van der Waals surface area contributed by atoms with Crippen molar-refractivity contribution in [3.05, 3.63) is 32.7 Å². The zero-order valence-corrected chi connectivity index (χ0v) is 16.0. The topological polar surface area (TPSA) is 93.3 Å². The Labute approximate surface area is 159 Å². The molecule has 1 aliphatic heterocycles. The standard InChI is InChI=1S/C19H22N4O3S/c1-26-17-13(22-7-6-10(8-20)9-22)5-4-12-15(17)23(11-2-3-11)19-14(16(12)24)18(25)21-27-19/h4-5,10-11H,2-3,6-9,20H2,1H3,(H,21,25). The van der Waals surface area contributed by atoms with Gasteiger partial charge in [0.05, 0.1) is 23.7 Å². The van der Waals surface area contributed by atoms with Crippen molar-refractivity contribution in [2.45, 2.75) is 25.3 Å². The van der Waals surface area contributed by atoms with Gasteiger partial charge in [-0.05, 0) is 55.4 Å². The van der Waals surface area contributed by atoms with Crippen molar-refractivity contribution in [2.24, 2.45) is 11.7 Å². The zero-order chi connectivity index (χ0) is 18.7. The molecule has 0 amide bonds. The van der Waals surface area contributed by atoms with E-state index in [1.54, 1.807) is 7.11 Å². The van der Waals surface area contributed by atoms with Gasteiger partial charge >= 0.3 is 0 Å². The fourth-order valence-corrected chi connectivity index (χ4v) is 5.18. The minimum atomic E-state index is -0.301. The monoisotopic (exact) mass is 386 g/mol. The van der Waals surface area contributed by atoms with Crippen molar-refractivity contribution in [3.63, 3.8) is 0 Å². The number of benzene rings is 1. The number of nitrogens with one attached hydrogen (secondary N) is 1. The molecule has 3 aromatic rings. The van der Waals surface area contributed by atoms with Gasteiger partial charge in [-0.25, -0.2) is 0 Å². The minimum absolute atomic E-state index is 0.217. The number of nitrogens with two attached hydrogens (primary N) is 1. The summed E-state index contributed by atoms with van der Waals surface area (Å²) in [6.07, 6.45) is 3.16. The summed E-state index contributed by atoms with van der Waals surface area (Å²) in [7, 11) is 1.65. The van der Waals surface area contributed by atoms with Gasteiger partial charge in [-0.3, -0.25) is 14.0 Å². The third-order valence-corrected chi connectivity index (χ3v) is 6.68. The van der Waals surface area contributed by atoms with E-state index in [1.165, 1.54) is 11.5 Å². The summed E-state index contributed by atoms with van der Waals surface area (Å²) in [4.78, 5) is 28.3. The van der Waals surface area contributed by atoms with Crippen LogP contribution in [0.4, 0.5) is 5.69 Å². The van der Waals surface area contributed by atoms with E-state index in [-0.39, 0.29) is 16.4 Å². The molecule has 7 nitrogen and oxygen atoms in total. The molecule has 2 fully saturated rings. The zero-order valence-electron chi connectivity index (χ0n) is 15.2. The first-order valence-electron chi connectivity index (χ1n) is 9.35. The summed E-state index contributed by atoms with van der Waals surface area (Å²) in [5.41, 5.74) is 7.14. The van der Waals surface area contributed by atoms with Crippen LogP contribution < -0.4 is 26.4 Å². The van der Waals surface area contributed by atoms with Crippen LogP contribution in [-0.4, -0.2) is 35.7 Å². The van der Waals surface area contributed by atoms with E-state index >= 15 is 0 Å². The van der Waals surface area contributed by atoms with E-state index in [4.69, 9.17) is 10.5 Å². The number of pyridine rings is 1. The van der Waals surface area contributed by atoms with Gasteiger partial charge in [0.2, 0.25) is 5.43 Å².